The highest BCUT2D eigenvalue weighted by atomic mass is 32.1. The number of amides is 1. The van der Waals surface area contributed by atoms with E-state index in [0.717, 1.165) is 48.6 Å². The van der Waals surface area contributed by atoms with Gasteiger partial charge in [0.1, 0.15) is 10.7 Å². The predicted octanol–water partition coefficient (Wildman–Crippen LogP) is 3.52. The molecule has 0 saturated carbocycles. The number of rotatable bonds is 6. The van der Waals surface area contributed by atoms with E-state index in [4.69, 9.17) is 4.74 Å². The van der Waals surface area contributed by atoms with Crippen LogP contribution in [-0.2, 0) is 17.8 Å². The van der Waals surface area contributed by atoms with Crippen LogP contribution < -0.4 is 5.32 Å². The van der Waals surface area contributed by atoms with E-state index in [9.17, 15) is 4.79 Å². The highest BCUT2D eigenvalue weighted by Crippen LogP contribution is 2.30. The van der Waals surface area contributed by atoms with Gasteiger partial charge in [-0.1, -0.05) is 36.4 Å². The molecular formula is C24H23N5O2S. The molecule has 7 nitrogen and oxygen atoms in total. The molecule has 8 heteroatoms. The molecule has 0 unspecified atom stereocenters. The summed E-state index contributed by atoms with van der Waals surface area (Å²) in [5, 5.41) is 3.72. The number of nitrogens with one attached hydrogen (secondary N) is 1. The molecule has 32 heavy (non-hydrogen) atoms. The predicted molar refractivity (Wildman–Crippen MR) is 124 cm³/mol. The second-order valence-corrected chi connectivity index (χ2v) is 8.61. The maximum absolute atomic E-state index is 13.1. The Morgan fingerprint density at radius 1 is 1.00 bits per heavy atom. The van der Waals surface area contributed by atoms with Gasteiger partial charge in [0.2, 0.25) is 0 Å². The molecule has 0 bridgehead atoms. The fraction of sp³-hybridized carbons (Fsp3) is 0.250. The minimum atomic E-state index is -0.256. The minimum Gasteiger partial charge on any atom is -0.379 e. The summed E-state index contributed by atoms with van der Waals surface area (Å²) < 4.78 is 6.50. The molecule has 3 heterocycles. The zero-order valence-corrected chi connectivity index (χ0v) is 18.3. The van der Waals surface area contributed by atoms with E-state index in [2.05, 4.69) is 37.3 Å². The van der Waals surface area contributed by atoms with Gasteiger partial charge in [0, 0.05) is 38.6 Å². The van der Waals surface area contributed by atoms with E-state index < -0.39 is 0 Å². The molecule has 1 aliphatic rings. The van der Waals surface area contributed by atoms with Crippen molar-refractivity contribution in [1.82, 2.24) is 25.2 Å². The SMILES string of the molecule is O=C(NCc1ccccc1CN1CCOCC1)c1nccnc1-c1nc2ccccc2s1. The van der Waals surface area contributed by atoms with E-state index in [1.807, 2.05) is 36.4 Å². The Morgan fingerprint density at radius 3 is 2.59 bits per heavy atom. The third-order valence-electron chi connectivity index (χ3n) is 5.47. The van der Waals surface area contributed by atoms with Gasteiger partial charge in [-0.3, -0.25) is 9.69 Å². The molecule has 0 radical (unpaired) electrons. The molecule has 0 spiro atoms. The number of ether oxygens (including phenoxy) is 1. The monoisotopic (exact) mass is 445 g/mol. The third kappa shape index (κ3) is 4.52. The van der Waals surface area contributed by atoms with Crippen LogP contribution in [0.1, 0.15) is 21.6 Å². The Kier molecular flexibility index (Phi) is 6.15. The third-order valence-corrected chi connectivity index (χ3v) is 6.51. The van der Waals surface area contributed by atoms with E-state index in [-0.39, 0.29) is 11.6 Å². The summed E-state index contributed by atoms with van der Waals surface area (Å²) in [5.41, 5.74) is 3.99. The molecule has 0 aliphatic carbocycles. The number of hydrogen-bond donors (Lipinski definition) is 1. The van der Waals surface area contributed by atoms with Crippen molar-refractivity contribution in [3.8, 4) is 10.7 Å². The Hall–Kier alpha value is -3.20. The van der Waals surface area contributed by atoms with Gasteiger partial charge in [-0.2, -0.15) is 0 Å². The number of thiazole rings is 1. The summed E-state index contributed by atoms with van der Waals surface area (Å²) in [6.45, 7) is 4.64. The average Bonchev–Trinajstić information content (AvgIpc) is 3.28. The molecule has 1 N–H and O–H groups in total. The number of benzene rings is 2. The summed E-state index contributed by atoms with van der Waals surface area (Å²) in [7, 11) is 0. The summed E-state index contributed by atoms with van der Waals surface area (Å²) >= 11 is 1.51. The van der Waals surface area contributed by atoms with Crippen molar-refractivity contribution in [2.75, 3.05) is 26.3 Å². The number of nitrogens with zero attached hydrogens (tertiary/aromatic N) is 4. The van der Waals surface area contributed by atoms with Crippen molar-refractivity contribution >= 4 is 27.5 Å². The van der Waals surface area contributed by atoms with E-state index in [1.165, 1.54) is 23.1 Å². The van der Waals surface area contributed by atoms with Crippen LogP contribution >= 0.6 is 11.3 Å². The molecule has 4 aromatic rings. The van der Waals surface area contributed by atoms with Crippen LogP contribution in [-0.4, -0.2) is 52.1 Å². The fourth-order valence-corrected chi connectivity index (χ4v) is 4.74. The number of carbonyl (C=O) groups excluding carboxylic acids is 1. The molecule has 0 atom stereocenters. The Balaban J connectivity index is 1.33. The number of carbonyl (C=O) groups is 1. The molecular weight excluding hydrogens is 422 g/mol. The molecule has 5 rings (SSSR count). The van der Waals surface area contributed by atoms with E-state index in [0.29, 0.717) is 17.2 Å². The average molecular weight is 446 g/mol. The lowest BCUT2D eigenvalue weighted by atomic mass is 10.1. The van der Waals surface area contributed by atoms with Crippen LogP contribution in [0.2, 0.25) is 0 Å². The zero-order chi connectivity index (χ0) is 21.8. The zero-order valence-electron chi connectivity index (χ0n) is 17.5. The summed E-state index contributed by atoms with van der Waals surface area (Å²) in [6, 6.07) is 16.1. The minimum absolute atomic E-state index is 0.256. The molecule has 1 amide bonds. The maximum Gasteiger partial charge on any atom is 0.272 e. The topological polar surface area (TPSA) is 80.2 Å². The first-order chi connectivity index (χ1) is 15.8. The van der Waals surface area contributed by atoms with Crippen LogP contribution in [0.25, 0.3) is 20.9 Å². The number of para-hydroxylation sites is 1. The highest BCUT2D eigenvalue weighted by Gasteiger charge is 2.19. The normalized spacial score (nSPS) is 14.5. The molecule has 1 aliphatic heterocycles. The summed E-state index contributed by atoms with van der Waals surface area (Å²) in [6.07, 6.45) is 3.13. The van der Waals surface area contributed by atoms with E-state index >= 15 is 0 Å². The quantitative estimate of drug-likeness (QED) is 0.489. The molecule has 2 aromatic carbocycles. The summed E-state index contributed by atoms with van der Waals surface area (Å²) in [5.74, 6) is -0.256. The first kappa shape index (κ1) is 20.7. The van der Waals surface area contributed by atoms with Gasteiger partial charge >= 0.3 is 0 Å². The lowest BCUT2D eigenvalue weighted by Gasteiger charge is -2.27. The number of aromatic nitrogens is 3. The van der Waals surface area contributed by atoms with Crippen molar-refractivity contribution in [3.05, 3.63) is 77.7 Å². The lowest BCUT2D eigenvalue weighted by molar-refractivity contribution is 0.0340. The molecule has 1 saturated heterocycles. The van der Waals surface area contributed by atoms with Gasteiger partial charge in [0.05, 0.1) is 23.4 Å². The van der Waals surface area contributed by atoms with Crippen LogP contribution in [0.15, 0.2) is 60.9 Å². The highest BCUT2D eigenvalue weighted by molar-refractivity contribution is 7.21. The number of fused-ring (bicyclic) bond motifs is 1. The van der Waals surface area contributed by atoms with Crippen LogP contribution in [0.3, 0.4) is 0 Å². The van der Waals surface area contributed by atoms with E-state index in [1.54, 1.807) is 6.20 Å². The van der Waals surface area contributed by atoms with Gasteiger partial charge in [-0.05, 0) is 23.3 Å². The van der Waals surface area contributed by atoms with Crippen LogP contribution in [0, 0.1) is 0 Å². The standard InChI is InChI=1S/C24H23N5O2S/c30-23(27-15-17-5-1-2-6-18(17)16-29-11-13-31-14-12-29)21-22(26-10-9-25-21)24-28-19-7-3-4-8-20(19)32-24/h1-10H,11-16H2,(H,27,30). The van der Waals surface area contributed by atoms with Crippen molar-refractivity contribution < 1.29 is 9.53 Å². The second-order valence-electron chi connectivity index (χ2n) is 7.58. The molecule has 2 aromatic heterocycles. The van der Waals surface area contributed by atoms with Gasteiger partial charge in [0.25, 0.3) is 5.91 Å². The van der Waals surface area contributed by atoms with Gasteiger partial charge in [-0.25, -0.2) is 15.0 Å². The van der Waals surface area contributed by atoms with Gasteiger partial charge in [0.15, 0.2) is 5.69 Å². The Labute approximate surface area is 190 Å². The van der Waals surface area contributed by atoms with Crippen molar-refractivity contribution in [3.63, 3.8) is 0 Å². The molecule has 162 valence electrons. The first-order valence-corrected chi connectivity index (χ1v) is 11.4. The summed E-state index contributed by atoms with van der Waals surface area (Å²) in [4.78, 5) is 28.8. The van der Waals surface area contributed by atoms with Crippen molar-refractivity contribution in [2.45, 2.75) is 13.1 Å². The van der Waals surface area contributed by atoms with Crippen LogP contribution in [0.5, 0.6) is 0 Å². The Morgan fingerprint density at radius 2 is 1.75 bits per heavy atom. The van der Waals surface area contributed by atoms with Gasteiger partial charge < -0.3 is 10.1 Å². The maximum atomic E-state index is 13.1. The van der Waals surface area contributed by atoms with Crippen molar-refractivity contribution in [1.29, 1.82) is 0 Å². The fourth-order valence-electron chi connectivity index (χ4n) is 3.78. The lowest BCUT2D eigenvalue weighted by Crippen LogP contribution is -2.36. The van der Waals surface area contributed by atoms with Gasteiger partial charge in [-0.15, -0.1) is 11.3 Å². The smallest absolute Gasteiger partial charge is 0.272 e. The Bertz CT molecular complexity index is 1200. The van der Waals surface area contributed by atoms with Crippen LogP contribution in [0.4, 0.5) is 0 Å². The number of hydrogen-bond acceptors (Lipinski definition) is 7. The number of morpholine rings is 1. The first-order valence-electron chi connectivity index (χ1n) is 10.6. The largest absolute Gasteiger partial charge is 0.379 e. The van der Waals surface area contributed by atoms with Crippen molar-refractivity contribution in [2.24, 2.45) is 0 Å². The second kappa shape index (κ2) is 9.52. The molecule has 1 fully saturated rings.